The first-order valence-corrected chi connectivity index (χ1v) is 9.15. The molecule has 1 fully saturated rings. The number of nitro groups is 1. The number of aliphatic hydroxyl groups is 1. The molecule has 1 amide bonds. The third-order valence-electron chi connectivity index (χ3n) is 4.93. The van der Waals surface area contributed by atoms with Crippen LogP contribution in [0.2, 0.25) is 0 Å². The third-order valence-corrected chi connectivity index (χ3v) is 4.93. The van der Waals surface area contributed by atoms with Crippen molar-refractivity contribution in [2.24, 2.45) is 0 Å². The van der Waals surface area contributed by atoms with Crippen molar-refractivity contribution in [3.05, 3.63) is 112 Å². The zero-order valence-electron chi connectivity index (χ0n) is 15.6. The van der Waals surface area contributed by atoms with Crippen LogP contribution in [0.15, 0.2) is 90.5 Å². The van der Waals surface area contributed by atoms with Gasteiger partial charge in [0.2, 0.25) is 0 Å². The van der Waals surface area contributed by atoms with Gasteiger partial charge in [-0.05, 0) is 11.6 Å². The molecule has 1 saturated heterocycles. The highest BCUT2D eigenvalue weighted by molar-refractivity contribution is 6.51. The minimum absolute atomic E-state index is 0.0658. The maximum atomic E-state index is 13.0. The molecule has 1 aliphatic heterocycles. The van der Waals surface area contributed by atoms with Gasteiger partial charge in [-0.2, -0.15) is 0 Å². The van der Waals surface area contributed by atoms with E-state index in [-0.39, 0.29) is 22.7 Å². The van der Waals surface area contributed by atoms with E-state index in [0.717, 1.165) is 0 Å². The minimum atomic E-state index is -0.923. The van der Waals surface area contributed by atoms with Crippen molar-refractivity contribution in [2.75, 3.05) is 4.90 Å². The van der Waals surface area contributed by atoms with Gasteiger partial charge in [0.05, 0.1) is 22.2 Å². The van der Waals surface area contributed by atoms with Crippen LogP contribution in [0.1, 0.15) is 17.2 Å². The van der Waals surface area contributed by atoms with Crippen LogP contribution in [-0.2, 0) is 9.59 Å². The number of non-ortho nitro benzene ring substituents is 1. The van der Waals surface area contributed by atoms with Gasteiger partial charge in [-0.15, -0.1) is 0 Å². The second-order valence-electron chi connectivity index (χ2n) is 6.72. The molecule has 0 radical (unpaired) electrons. The van der Waals surface area contributed by atoms with Gasteiger partial charge >= 0.3 is 0 Å². The van der Waals surface area contributed by atoms with E-state index in [1.54, 1.807) is 60.7 Å². The molecule has 1 aliphatic rings. The SMILES string of the molecule is O=C1C(=O)N(c2cccc([N+](=O)[O-])c2)[C@H](c2ccccc2)C1=C(O)c1ccccc1. The Morgan fingerprint density at radius 2 is 1.53 bits per heavy atom. The molecule has 0 bridgehead atoms. The van der Waals surface area contributed by atoms with Gasteiger partial charge in [0.25, 0.3) is 17.4 Å². The second kappa shape index (κ2) is 7.63. The Morgan fingerprint density at radius 3 is 2.17 bits per heavy atom. The van der Waals surface area contributed by atoms with Crippen LogP contribution in [0.5, 0.6) is 0 Å². The molecular formula is C23H16N2O5. The highest BCUT2D eigenvalue weighted by Crippen LogP contribution is 2.42. The van der Waals surface area contributed by atoms with E-state index >= 15 is 0 Å². The Hall–Kier alpha value is -4.26. The molecule has 3 aromatic carbocycles. The molecule has 7 nitrogen and oxygen atoms in total. The Morgan fingerprint density at radius 1 is 0.900 bits per heavy atom. The molecular weight excluding hydrogens is 384 g/mol. The van der Waals surface area contributed by atoms with Gasteiger partial charge in [0.1, 0.15) is 5.76 Å². The molecule has 0 aromatic heterocycles. The lowest BCUT2D eigenvalue weighted by Crippen LogP contribution is -2.29. The zero-order valence-corrected chi connectivity index (χ0v) is 15.6. The number of hydrogen-bond acceptors (Lipinski definition) is 5. The number of nitro benzene ring substituents is 1. The Bertz CT molecular complexity index is 1170. The van der Waals surface area contributed by atoms with Gasteiger partial charge in [-0.3, -0.25) is 24.6 Å². The van der Waals surface area contributed by atoms with Crippen molar-refractivity contribution in [3.63, 3.8) is 0 Å². The van der Waals surface area contributed by atoms with Crippen LogP contribution < -0.4 is 4.90 Å². The number of aliphatic hydroxyl groups excluding tert-OH is 1. The van der Waals surface area contributed by atoms with Gasteiger partial charge in [0, 0.05) is 17.7 Å². The average molecular weight is 400 g/mol. The van der Waals surface area contributed by atoms with E-state index in [1.165, 1.54) is 29.2 Å². The van der Waals surface area contributed by atoms with Crippen LogP contribution in [0.4, 0.5) is 11.4 Å². The van der Waals surface area contributed by atoms with Crippen molar-refractivity contribution >= 4 is 28.8 Å². The molecule has 0 saturated carbocycles. The number of ketones is 1. The number of rotatable bonds is 4. The zero-order chi connectivity index (χ0) is 21.3. The van der Waals surface area contributed by atoms with E-state index in [2.05, 4.69) is 0 Å². The van der Waals surface area contributed by atoms with Gasteiger partial charge < -0.3 is 5.11 Å². The fraction of sp³-hybridized carbons (Fsp3) is 0.0435. The smallest absolute Gasteiger partial charge is 0.300 e. The number of amides is 1. The molecule has 30 heavy (non-hydrogen) atoms. The largest absolute Gasteiger partial charge is 0.507 e. The summed E-state index contributed by atoms with van der Waals surface area (Å²) in [4.78, 5) is 37.8. The number of nitrogens with zero attached hydrogens (tertiary/aromatic N) is 2. The lowest BCUT2D eigenvalue weighted by atomic mass is 9.95. The first-order chi connectivity index (χ1) is 14.5. The van der Waals surface area contributed by atoms with E-state index in [9.17, 15) is 24.8 Å². The fourth-order valence-corrected chi connectivity index (χ4v) is 3.56. The average Bonchev–Trinajstić information content (AvgIpc) is 3.05. The van der Waals surface area contributed by atoms with E-state index in [4.69, 9.17) is 0 Å². The molecule has 3 aromatic rings. The van der Waals surface area contributed by atoms with Gasteiger partial charge in [-0.25, -0.2) is 0 Å². The molecule has 7 heteroatoms. The maximum absolute atomic E-state index is 13.0. The molecule has 1 heterocycles. The van der Waals surface area contributed by atoms with E-state index in [1.807, 2.05) is 0 Å². The van der Waals surface area contributed by atoms with Crippen LogP contribution >= 0.6 is 0 Å². The summed E-state index contributed by atoms with van der Waals surface area (Å²) >= 11 is 0. The summed E-state index contributed by atoms with van der Waals surface area (Å²) in [6, 6.07) is 21.8. The quantitative estimate of drug-likeness (QED) is 0.232. The van der Waals surface area contributed by atoms with Gasteiger partial charge in [0.15, 0.2) is 0 Å². The van der Waals surface area contributed by atoms with E-state index < -0.39 is 22.7 Å². The molecule has 0 aliphatic carbocycles. The predicted octanol–water partition coefficient (Wildman–Crippen LogP) is 4.22. The van der Waals surface area contributed by atoms with Crippen molar-refractivity contribution in [3.8, 4) is 0 Å². The lowest BCUT2D eigenvalue weighted by molar-refractivity contribution is -0.384. The summed E-state index contributed by atoms with van der Waals surface area (Å²) in [5, 5.41) is 22.1. The fourth-order valence-electron chi connectivity index (χ4n) is 3.56. The monoisotopic (exact) mass is 400 g/mol. The van der Waals surface area contributed by atoms with Crippen molar-refractivity contribution in [1.82, 2.24) is 0 Å². The van der Waals surface area contributed by atoms with Crippen LogP contribution in [0, 0.1) is 10.1 Å². The summed E-state index contributed by atoms with van der Waals surface area (Å²) < 4.78 is 0. The number of hydrogen-bond donors (Lipinski definition) is 1. The van der Waals surface area contributed by atoms with Crippen LogP contribution in [-0.4, -0.2) is 21.7 Å². The summed E-state index contributed by atoms with van der Waals surface area (Å²) in [5.74, 6) is -2.01. The molecule has 0 spiro atoms. The Labute approximate surface area is 171 Å². The highest BCUT2D eigenvalue weighted by atomic mass is 16.6. The first kappa shape index (κ1) is 19.1. The molecule has 4 rings (SSSR count). The van der Waals surface area contributed by atoms with Crippen LogP contribution in [0.25, 0.3) is 5.76 Å². The number of benzene rings is 3. The molecule has 1 N–H and O–H groups in total. The van der Waals surface area contributed by atoms with Crippen molar-refractivity contribution in [1.29, 1.82) is 0 Å². The normalized spacial score (nSPS) is 17.9. The summed E-state index contributed by atoms with van der Waals surface area (Å²) in [6.45, 7) is 0. The highest BCUT2D eigenvalue weighted by Gasteiger charge is 2.47. The topological polar surface area (TPSA) is 101 Å². The lowest BCUT2D eigenvalue weighted by Gasteiger charge is -2.25. The van der Waals surface area contributed by atoms with Crippen LogP contribution in [0.3, 0.4) is 0 Å². The predicted molar refractivity (Wildman–Crippen MR) is 111 cm³/mol. The Kier molecular flexibility index (Phi) is 4.85. The summed E-state index contributed by atoms with van der Waals surface area (Å²) in [6.07, 6.45) is 0. The Balaban J connectivity index is 1.95. The third kappa shape index (κ3) is 3.22. The van der Waals surface area contributed by atoms with Gasteiger partial charge in [-0.1, -0.05) is 66.7 Å². The summed E-state index contributed by atoms with van der Waals surface area (Å²) in [7, 11) is 0. The minimum Gasteiger partial charge on any atom is -0.507 e. The second-order valence-corrected chi connectivity index (χ2v) is 6.72. The molecule has 148 valence electrons. The number of Topliss-reactive ketones (excluding diaryl/α,β-unsaturated/α-hetero) is 1. The summed E-state index contributed by atoms with van der Waals surface area (Å²) in [5.41, 5.74) is 0.927. The number of carbonyl (C=O) groups is 2. The van der Waals surface area contributed by atoms with E-state index in [0.29, 0.717) is 11.1 Å². The molecule has 0 unspecified atom stereocenters. The maximum Gasteiger partial charge on any atom is 0.300 e. The standard InChI is InChI=1S/C23H16N2O5/c26-21(16-10-5-2-6-11-16)19-20(15-8-3-1-4-9-15)24(23(28)22(19)27)17-12-7-13-18(14-17)25(29)30/h1-14,20,26H/t20-/m1/s1. The number of carbonyl (C=O) groups excluding carboxylic acids is 2. The first-order valence-electron chi connectivity index (χ1n) is 9.15. The molecule has 1 atom stereocenters. The number of anilines is 1. The van der Waals surface area contributed by atoms with Crippen molar-refractivity contribution < 1.29 is 19.6 Å². The van der Waals surface area contributed by atoms with Crippen molar-refractivity contribution in [2.45, 2.75) is 6.04 Å².